The normalized spacial score (nSPS) is 15.4. The van der Waals surface area contributed by atoms with Crippen molar-refractivity contribution in [2.24, 2.45) is 5.73 Å². The summed E-state index contributed by atoms with van der Waals surface area (Å²) < 4.78 is 10.6. The van der Waals surface area contributed by atoms with E-state index in [0.29, 0.717) is 22.1 Å². The Kier molecular flexibility index (Phi) is 4.75. The molecular formula is C19H21N3O4S. The van der Waals surface area contributed by atoms with E-state index in [4.69, 9.17) is 15.2 Å². The van der Waals surface area contributed by atoms with Gasteiger partial charge in [0.05, 0.1) is 12.0 Å². The summed E-state index contributed by atoms with van der Waals surface area (Å²) in [6, 6.07) is 5.43. The number of hydrogen-bond donors (Lipinski definition) is 2. The molecular weight excluding hydrogens is 366 g/mol. The van der Waals surface area contributed by atoms with Gasteiger partial charge in [-0.05, 0) is 36.2 Å². The smallest absolute Gasteiger partial charge is 0.251 e. The van der Waals surface area contributed by atoms with Crippen molar-refractivity contribution in [1.29, 1.82) is 0 Å². The monoisotopic (exact) mass is 387 g/mol. The first-order valence-corrected chi connectivity index (χ1v) is 9.72. The van der Waals surface area contributed by atoms with Crippen molar-refractivity contribution in [2.75, 3.05) is 25.2 Å². The minimum atomic E-state index is -0.490. The Labute approximate surface area is 161 Å². The summed E-state index contributed by atoms with van der Waals surface area (Å²) in [5, 5.41) is 3.44. The van der Waals surface area contributed by atoms with Crippen molar-refractivity contribution in [3.05, 3.63) is 39.8 Å². The van der Waals surface area contributed by atoms with E-state index in [1.54, 1.807) is 12.1 Å². The molecule has 3 N–H and O–H groups in total. The number of nitrogens with two attached hydrogens (primary N) is 1. The van der Waals surface area contributed by atoms with E-state index < -0.39 is 5.91 Å². The van der Waals surface area contributed by atoms with Crippen molar-refractivity contribution in [2.45, 2.75) is 26.3 Å². The number of nitrogens with one attached hydrogen (secondary N) is 1. The van der Waals surface area contributed by atoms with Crippen molar-refractivity contribution in [3.63, 3.8) is 0 Å². The third-order valence-corrected chi connectivity index (χ3v) is 6.02. The number of nitrogens with zero attached hydrogens (tertiary/aromatic N) is 1. The molecule has 142 valence electrons. The fraction of sp³-hybridized carbons (Fsp3) is 0.368. The standard InChI is InChI=1S/C19H21N3O4S/c1-2-22-6-5-12-15(9-22)27-19(17(12)18(20)24)21-16(23)8-11-3-4-13-14(7-11)26-10-25-13/h3-4,7H,2,5-6,8-10H2,1H3,(H2,20,24)(H,21,23). The van der Waals surface area contributed by atoms with Crippen molar-refractivity contribution >= 4 is 28.2 Å². The molecule has 0 fully saturated rings. The average molecular weight is 387 g/mol. The van der Waals surface area contributed by atoms with Crippen LogP contribution in [0.15, 0.2) is 18.2 Å². The Morgan fingerprint density at radius 3 is 2.89 bits per heavy atom. The summed E-state index contributed by atoms with van der Waals surface area (Å²) in [6.45, 7) is 4.94. The van der Waals surface area contributed by atoms with Gasteiger partial charge >= 0.3 is 0 Å². The van der Waals surface area contributed by atoms with Crippen LogP contribution in [0.2, 0.25) is 0 Å². The molecule has 0 radical (unpaired) electrons. The Balaban J connectivity index is 1.52. The molecule has 1 aromatic carbocycles. The van der Waals surface area contributed by atoms with Gasteiger partial charge in [-0.15, -0.1) is 11.3 Å². The number of ether oxygens (including phenoxy) is 2. The van der Waals surface area contributed by atoms with E-state index in [2.05, 4.69) is 17.1 Å². The number of rotatable bonds is 5. The SMILES string of the molecule is CCN1CCc2c(sc(NC(=O)Cc3ccc4c(c3)OCO4)c2C(N)=O)C1. The second kappa shape index (κ2) is 7.21. The lowest BCUT2D eigenvalue weighted by Crippen LogP contribution is -2.30. The van der Waals surface area contributed by atoms with Gasteiger partial charge in [0.25, 0.3) is 5.91 Å². The Hall–Kier alpha value is -2.58. The van der Waals surface area contributed by atoms with Crippen LogP contribution in [0, 0.1) is 0 Å². The average Bonchev–Trinajstić information content (AvgIpc) is 3.23. The summed E-state index contributed by atoms with van der Waals surface area (Å²) in [5.41, 5.74) is 7.87. The first-order chi connectivity index (χ1) is 13.0. The van der Waals surface area contributed by atoms with Gasteiger partial charge in [0, 0.05) is 18.0 Å². The fourth-order valence-corrected chi connectivity index (χ4v) is 4.79. The van der Waals surface area contributed by atoms with Gasteiger partial charge in [-0.2, -0.15) is 0 Å². The van der Waals surface area contributed by atoms with Crippen LogP contribution >= 0.6 is 11.3 Å². The molecule has 4 rings (SSSR count). The van der Waals surface area contributed by atoms with Gasteiger partial charge in [0.2, 0.25) is 12.7 Å². The van der Waals surface area contributed by atoms with Gasteiger partial charge in [-0.1, -0.05) is 13.0 Å². The number of amides is 2. The molecule has 2 aliphatic rings. The van der Waals surface area contributed by atoms with Gasteiger partial charge in [0.15, 0.2) is 11.5 Å². The van der Waals surface area contributed by atoms with Crippen molar-refractivity contribution in [1.82, 2.24) is 4.90 Å². The highest BCUT2D eigenvalue weighted by Gasteiger charge is 2.27. The first kappa shape index (κ1) is 17.8. The summed E-state index contributed by atoms with van der Waals surface area (Å²) >= 11 is 1.45. The molecule has 0 saturated carbocycles. The zero-order valence-electron chi connectivity index (χ0n) is 15.0. The maximum atomic E-state index is 12.6. The van der Waals surface area contributed by atoms with Crippen LogP contribution in [0.4, 0.5) is 5.00 Å². The molecule has 8 heteroatoms. The zero-order chi connectivity index (χ0) is 19.0. The van der Waals surface area contributed by atoms with E-state index in [0.717, 1.165) is 42.1 Å². The molecule has 2 aromatic rings. The molecule has 27 heavy (non-hydrogen) atoms. The van der Waals surface area contributed by atoms with Crippen LogP contribution in [-0.4, -0.2) is 36.6 Å². The summed E-state index contributed by atoms with van der Waals surface area (Å²) in [5.74, 6) is 0.643. The highest BCUT2D eigenvalue weighted by atomic mass is 32.1. The predicted molar refractivity (Wildman–Crippen MR) is 102 cm³/mol. The molecule has 0 spiro atoms. The fourth-order valence-electron chi connectivity index (χ4n) is 3.48. The molecule has 0 aliphatic carbocycles. The molecule has 1 aromatic heterocycles. The molecule has 3 heterocycles. The molecule has 0 bridgehead atoms. The van der Waals surface area contributed by atoms with E-state index in [1.165, 1.54) is 11.3 Å². The topological polar surface area (TPSA) is 93.9 Å². The summed E-state index contributed by atoms with van der Waals surface area (Å²) in [4.78, 5) is 28.0. The predicted octanol–water partition coefficient (Wildman–Crippen LogP) is 2.13. The van der Waals surface area contributed by atoms with Crippen molar-refractivity contribution in [3.8, 4) is 11.5 Å². The van der Waals surface area contributed by atoms with Crippen LogP contribution in [-0.2, 0) is 24.2 Å². The molecule has 0 unspecified atom stereocenters. The van der Waals surface area contributed by atoms with Crippen molar-refractivity contribution < 1.29 is 19.1 Å². The van der Waals surface area contributed by atoms with Crippen LogP contribution in [0.3, 0.4) is 0 Å². The van der Waals surface area contributed by atoms with Gasteiger partial charge < -0.3 is 20.5 Å². The quantitative estimate of drug-likeness (QED) is 0.820. The van der Waals surface area contributed by atoms with Gasteiger partial charge in [-0.3, -0.25) is 14.5 Å². The van der Waals surface area contributed by atoms with Gasteiger partial charge in [-0.25, -0.2) is 0 Å². The molecule has 2 aliphatic heterocycles. The third-order valence-electron chi connectivity index (χ3n) is 4.88. The molecule has 7 nitrogen and oxygen atoms in total. The zero-order valence-corrected chi connectivity index (χ0v) is 15.9. The molecule has 0 atom stereocenters. The Morgan fingerprint density at radius 2 is 2.11 bits per heavy atom. The minimum absolute atomic E-state index is 0.179. The number of fused-ring (bicyclic) bond motifs is 2. The molecule has 2 amide bonds. The Bertz CT molecular complexity index is 909. The van der Waals surface area contributed by atoms with Crippen LogP contribution < -0.4 is 20.5 Å². The van der Waals surface area contributed by atoms with Gasteiger partial charge in [0.1, 0.15) is 5.00 Å². The number of thiophene rings is 1. The van der Waals surface area contributed by atoms with E-state index in [9.17, 15) is 9.59 Å². The third kappa shape index (κ3) is 3.50. The number of carbonyl (C=O) groups excluding carboxylic acids is 2. The largest absolute Gasteiger partial charge is 0.454 e. The summed E-state index contributed by atoms with van der Waals surface area (Å²) in [7, 11) is 0. The lowest BCUT2D eigenvalue weighted by Gasteiger charge is -2.25. The Morgan fingerprint density at radius 1 is 1.30 bits per heavy atom. The van der Waals surface area contributed by atoms with E-state index >= 15 is 0 Å². The minimum Gasteiger partial charge on any atom is -0.454 e. The number of hydrogen-bond acceptors (Lipinski definition) is 6. The second-order valence-electron chi connectivity index (χ2n) is 6.60. The first-order valence-electron chi connectivity index (χ1n) is 8.90. The van der Waals surface area contributed by atoms with E-state index in [1.807, 2.05) is 6.07 Å². The number of primary amides is 1. The second-order valence-corrected chi connectivity index (χ2v) is 7.71. The van der Waals surface area contributed by atoms with Crippen LogP contribution in [0.25, 0.3) is 0 Å². The maximum absolute atomic E-state index is 12.6. The summed E-state index contributed by atoms with van der Waals surface area (Å²) in [6.07, 6.45) is 0.953. The number of carbonyl (C=O) groups is 2. The number of benzene rings is 1. The van der Waals surface area contributed by atoms with E-state index in [-0.39, 0.29) is 19.1 Å². The number of anilines is 1. The maximum Gasteiger partial charge on any atom is 0.251 e. The van der Waals surface area contributed by atoms with Crippen LogP contribution in [0.5, 0.6) is 11.5 Å². The lowest BCUT2D eigenvalue weighted by molar-refractivity contribution is -0.115. The highest BCUT2D eigenvalue weighted by molar-refractivity contribution is 7.17. The van der Waals surface area contributed by atoms with Crippen LogP contribution in [0.1, 0.15) is 33.3 Å². The lowest BCUT2D eigenvalue weighted by atomic mass is 10.0. The molecule has 0 saturated heterocycles. The number of likely N-dealkylation sites (N-methyl/N-ethyl adjacent to an activating group) is 1. The highest BCUT2D eigenvalue weighted by Crippen LogP contribution is 2.37.